The highest BCUT2D eigenvalue weighted by atomic mass is 32.1. The van der Waals surface area contributed by atoms with Crippen LogP contribution in [0.25, 0.3) is 0 Å². The third kappa shape index (κ3) is 1.65. The average molecular weight is 143 g/mol. The summed E-state index contributed by atoms with van der Waals surface area (Å²) in [7, 11) is 1.88. The van der Waals surface area contributed by atoms with Crippen LogP contribution in [-0.4, -0.2) is 11.4 Å². The number of rotatable bonds is 2. The molecular formula is C5H9N3S. The molecule has 1 aromatic heterocycles. The highest BCUT2D eigenvalue weighted by Gasteiger charge is 1.94. The molecule has 0 atom stereocenters. The highest BCUT2D eigenvalue weighted by molar-refractivity contribution is 7.09. The lowest BCUT2D eigenvalue weighted by atomic mass is 10.4. The molecule has 0 bridgehead atoms. The van der Waals surface area contributed by atoms with Gasteiger partial charge in [0.05, 0.1) is 5.69 Å². The minimum Gasteiger partial charge on any atom is -0.389 e. The van der Waals surface area contributed by atoms with Crippen LogP contribution in [0.2, 0.25) is 0 Å². The molecule has 1 rings (SSSR count). The summed E-state index contributed by atoms with van der Waals surface area (Å²) in [6.07, 6.45) is 0. The smallest absolute Gasteiger partial charge is 0.107 e. The Balaban J connectivity index is 2.61. The second kappa shape index (κ2) is 2.80. The van der Waals surface area contributed by atoms with Crippen LogP contribution in [0.1, 0.15) is 5.69 Å². The van der Waals surface area contributed by atoms with Gasteiger partial charge in [-0.1, -0.05) is 0 Å². The van der Waals surface area contributed by atoms with Crippen molar-refractivity contribution in [1.29, 1.82) is 0 Å². The number of nitrogen functional groups attached to an aromatic ring is 1. The van der Waals surface area contributed by atoms with Crippen molar-refractivity contribution in [3.8, 4) is 0 Å². The van der Waals surface area contributed by atoms with Crippen LogP contribution in [0.4, 0.5) is 5.00 Å². The van der Waals surface area contributed by atoms with Gasteiger partial charge in [-0.2, -0.15) is 4.37 Å². The summed E-state index contributed by atoms with van der Waals surface area (Å²) < 4.78 is 4.06. The van der Waals surface area contributed by atoms with Crippen LogP contribution in [0.5, 0.6) is 0 Å². The van der Waals surface area contributed by atoms with E-state index in [0.717, 1.165) is 17.2 Å². The summed E-state index contributed by atoms with van der Waals surface area (Å²) in [6, 6.07) is 1.88. The molecule has 0 saturated heterocycles. The molecule has 4 heteroatoms. The van der Waals surface area contributed by atoms with Crippen molar-refractivity contribution in [3.63, 3.8) is 0 Å². The molecule has 0 saturated carbocycles. The summed E-state index contributed by atoms with van der Waals surface area (Å²) in [5, 5.41) is 3.76. The molecule has 0 aliphatic heterocycles. The summed E-state index contributed by atoms with van der Waals surface area (Å²) in [4.78, 5) is 0. The van der Waals surface area contributed by atoms with Crippen LogP contribution in [0.3, 0.4) is 0 Å². The standard InChI is InChI=1S/C5H9N3S/c1-7-3-4-2-5(6)9-8-4/h2,7H,3,6H2,1H3. The molecule has 3 N–H and O–H groups in total. The van der Waals surface area contributed by atoms with E-state index in [4.69, 9.17) is 5.73 Å². The summed E-state index contributed by atoms with van der Waals surface area (Å²) in [5.41, 5.74) is 6.45. The fraction of sp³-hybridized carbons (Fsp3) is 0.400. The maximum atomic E-state index is 5.44. The lowest BCUT2D eigenvalue weighted by Crippen LogP contribution is -2.04. The highest BCUT2D eigenvalue weighted by Crippen LogP contribution is 2.10. The van der Waals surface area contributed by atoms with E-state index >= 15 is 0 Å². The Kier molecular flexibility index (Phi) is 2.02. The zero-order valence-corrected chi connectivity index (χ0v) is 6.03. The Morgan fingerprint density at radius 2 is 2.67 bits per heavy atom. The van der Waals surface area contributed by atoms with Crippen molar-refractivity contribution in [3.05, 3.63) is 11.8 Å². The Morgan fingerprint density at radius 1 is 1.89 bits per heavy atom. The predicted octanol–water partition coefficient (Wildman–Crippen LogP) is 0.445. The van der Waals surface area contributed by atoms with Gasteiger partial charge in [-0.15, -0.1) is 0 Å². The first kappa shape index (κ1) is 6.51. The Hall–Kier alpha value is -0.610. The zero-order chi connectivity index (χ0) is 6.69. The topological polar surface area (TPSA) is 50.9 Å². The summed E-state index contributed by atoms with van der Waals surface area (Å²) in [6.45, 7) is 0.799. The van der Waals surface area contributed by atoms with E-state index in [1.165, 1.54) is 11.5 Å². The van der Waals surface area contributed by atoms with Gasteiger partial charge in [0.1, 0.15) is 5.00 Å². The van der Waals surface area contributed by atoms with E-state index in [-0.39, 0.29) is 0 Å². The first-order chi connectivity index (χ1) is 4.33. The fourth-order valence-corrected chi connectivity index (χ4v) is 1.12. The van der Waals surface area contributed by atoms with Gasteiger partial charge in [-0.05, 0) is 24.6 Å². The monoisotopic (exact) mass is 143 g/mol. The molecule has 3 nitrogen and oxygen atoms in total. The second-order valence-corrected chi connectivity index (χ2v) is 2.59. The molecule has 1 aromatic rings. The Labute approximate surface area is 58.1 Å². The lowest BCUT2D eigenvalue weighted by molar-refractivity contribution is 0.802. The van der Waals surface area contributed by atoms with Crippen molar-refractivity contribution in [2.75, 3.05) is 12.8 Å². The molecule has 0 aliphatic rings. The van der Waals surface area contributed by atoms with Crippen molar-refractivity contribution in [2.24, 2.45) is 0 Å². The molecule has 0 aromatic carbocycles. The van der Waals surface area contributed by atoms with Crippen LogP contribution in [0.15, 0.2) is 6.07 Å². The number of aromatic nitrogens is 1. The van der Waals surface area contributed by atoms with Gasteiger partial charge in [0, 0.05) is 6.54 Å². The lowest BCUT2D eigenvalue weighted by Gasteiger charge is -1.88. The fourth-order valence-electron chi connectivity index (χ4n) is 0.593. The SMILES string of the molecule is CNCc1cc(N)sn1. The first-order valence-corrected chi connectivity index (χ1v) is 3.46. The maximum absolute atomic E-state index is 5.44. The minimum absolute atomic E-state index is 0.778. The third-order valence-corrected chi connectivity index (χ3v) is 1.59. The molecule has 0 aliphatic carbocycles. The second-order valence-electron chi connectivity index (χ2n) is 1.75. The van der Waals surface area contributed by atoms with Crippen LogP contribution >= 0.6 is 11.5 Å². The number of hydrogen-bond acceptors (Lipinski definition) is 4. The van der Waals surface area contributed by atoms with Crippen molar-refractivity contribution in [2.45, 2.75) is 6.54 Å². The van der Waals surface area contributed by atoms with Crippen molar-refractivity contribution >= 4 is 16.5 Å². The van der Waals surface area contributed by atoms with Gasteiger partial charge in [-0.3, -0.25) is 0 Å². The zero-order valence-electron chi connectivity index (χ0n) is 5.22. The third-order valence-electron chi connectivity index (χ3n) is 0.935. The molecule has 1 heterocycles. The quantitative estimate of drug-likeness (QED) is 0.631. The van der Waals surface area contributed by atoms with Crippen LogP contribution in [-0.2, 0) is 6.54 Å². The Bertz CT molecular complexity index is 184. The van der Waals surface area contributed by atoms with Crippen molar-refractivity contribution < 1.29 is 0 Å². The van der Waals surface area contributed by atoms with E-state index in [0.29, 0.717) is 0 Å². The van der Waals surface area contributed by atoms with E-state index < -0.39 is 0 Å². The van der Waals surface area contributed by atoms with Gasteiger partial charge in [0.15, 0.2) is 0 Å². The minimum atomic E-state index is 0.778. The van der Waals surface area contributed by atoms with Gasteiger partial charge >= 0.3 is 0 Å². The van der Waals surface area contributed by atoms with Gasteiger partial charge < -0.3 is 11.1 Å². The first-order valence-electron chi connectivity index (χ1n) is 2.68. The number of nitrogens with two attached hydrogens (primary N) is 1. The molecule has 0 amide bonds. The predicted molar refractivity (Wildman–Crippen MR) is 39.3 cm³/mol. The molecule has 0 spiro atoms. The van der Waals surface area contributed by atoms with Gasteiger partial charge in [0.2, 0.25) is 0 Å². The Morgan fingerprint density at radius 3 is 3.11 bits per heavy atom. The average Bonchev–Trinajstić information content (AvgIpc) is 2.17. The molecule has 0 radical (unpaired) electrons. The normalized spacial score (nSPS) is 9.89. The van der Waals surface area contributed by atoms with E-state index in [2.05, 4.69) is 9.69 Å². The van der Waals surface area contributed by atoms with E-state index in [1.807, 2.05) is 13.1 Å². The van der Waals surface area contributed by atoms with Gasteiger partial charge in [-0.25, -0.2) is 0 Å². The van der Waals surface area contributed by atoms with Crippen LogP contribution < -0.4 is 11.1 Å². The summed E-state index contributed by atoms with van der Waals surface area (Å²) in [5.74, 6) is 0. The molecule has 0 fully saturated rings. The van der Waals surface area contributed by atoms with E-state index in [1.54, 1.807) is 0 Å². The molecule has 0 unspecified atom stereocenters. The van der Waals surface area contributed by atoms with Crippen LogP contribution in [0, 0.1) is 0 Å². The van der Waals surface area contributed by atoms with E-state index in [9.17, 15) is 0 Å². The largest absolute Gasteiger partial charge is 0.389 e. The molecular weight excluding hydrogens is 134 g/mol. The molecule has 50 valence electrons. The maximum Gasteiger partial charge on any atom is 0.107 e. The van der Waals surface area contributed by atoms with Gasteiger partial charge in [0.25, 0.3) is 0 Å². The molecule has 9 heavy (non-hydrogen) atoms. The number of nitrogens with one attached hydrogen (secondary N) is 1. The number of nitrogens with zero attached hydrogens (tertiary/aromatic N) is 1. The summed E-state index contributed by atoms with van der Waals surface area (Å²) >= 11 is 1.33. The number of anilines is 1. The number of hydrogen-bond donors (Lipinski definition) is 2. The van der Waals surface area contributed by atoms with Crippen molar-refractivity contribution in [1.82, 2.24) is 9.69 Å².